The van der Waals surface area contributed by atoms with Crippen LogP contribution < -0.4 is 0 Å². The topological polar surface area (TPSA) is 36.4 Å². The van der Waals surface area contributed by atoms with Crippen molar-refractivity contribution < 1.29 is 4.79 Å². The summed E-state index contributed by atoms with van der Waals surface area (Å²) in [5.74, 6) is 0. The van der Waals surface area contributed by atoms with Gasteiger partial charge in [0.1, 0.15) is 0 Å². The molecule has 0 amide bonds. The first kappa shape index (κ1) is 13.2. The minimum Gasteiger partial charge on any atom is -0.362 e. The molecule has 1 saturated heterocycles. The molecule has 100 valence electrons. The summed E-state index contributed by atoms with van der Waals surface area (Å²) in [5, 5.41) is 0. The van der Waals surface area contributed by atoms with Gasteiger partial charge in [0.15, 0.2) is 0 Å². The zero-order valence-electron chi connectivity index (χ0n) is 11.2. The molecule has 0 N–H and O–H groups in total. The number of rotatable bonds is 4. The SMILES string of the molecule is [N-]=[N+]=C1C(Cc2ccccc2)PC1Cc1ccccc1. The van der Waals surface area contributed by atoms with Crippen molar-refractivity contribution >= 4 is 14.3 Å². The molecule has 2 unspecified atom stereocenters. The smallest absolute Gasteiger partial charge is 0.283 e. The Hall–Kier alpha value is -1.75. The fourth-order valence-corrected chi connectivity index (χ4v) is 4.50. The van der Waals surface area contributed by atoms with Crippen LogP contribution in [-0.4, -0.2) is 21.8 Å². The molecule has 0 spiro atoms. The van der Waals surface area contributed by atoms with Crippen molar-refractivity contribution in [1.82, 2.24) is 0 Å². The third-order valence-corrected chi connectivity index (χ3v) is 5.60. The van der Waals surface area contributed by atoms with E-state index in [2.05, 4.69) is 53.3 Å². The Labute approximate surface area is 121 Å². The number of hydrogen-bond acceptors (Lipinski definition) is 0. The largest absolute Gasteiger partial charge is 0.362 e. The van der Waals surface area contributed by atoms with E-state index in [1.807, 2.05) is 12.1 Å². The summed E-state index contributed by atoms with van der Waals surface area (Å²) < 4.78 is 0. The second-order valence-electron chi connectivity index (χ2n) is 5.18. The van der Waals surface area contributed by atoms with E-state index in [9.17, 15) is 5.53 Å². The molecule has 0 radical (unpaired) electrons. The van der Waals surface area contributed by atoms with Gasteiger partial charge in [0.2, 0.25) is 0 Å². The van der Waals surface area contributed by atoms with Crippen LogP contribution in [0, 0.1) is 0 Å². The summed E-state index contributed by atoms with van der Waals surface area (Å²) in [7, 11) is 0.851. The van der Waals surface area contributed by atoms with Crippen LogP contribution >= 0.6 is 8.58 Å². The van der Waals surface area contributed by atoms with Gasteiger partial charge in [-0.2, -0.15) is 4.79 Å². The molecule has 3 heteroatoms. The summed E-state index contributed by atoms with van der Waals surface area (Å²) in [5.41, 5.74) is 13.8. The summed E-state index contributed by atoms with van der Waals surface area (Å²) in [4.78, 5) is 3.57. The fraction of sp³-hybridized carbons (Fsp3) is 0.235. The maximum absolute atomic E-state index is 9.28. The van der Waals surface area contributed by atoms with Gasteiger partial charge in [0.25, 0.3) is 5.71 Å². The molecule has 2 nitrogen and oxygen atoms in total. The predicted octanol–water partition coefficient (Wildman–Crippen LogP) is 3.57. The minimum absolute atomic E-state index is 0.427. The monoisotopic (exact) mass is 280 g/mol. The van der Waals surface area contributed by atoms with Crippen LogP contribution in [0.4, 0.5) is 0 Å². The van der Waals surface area contributed by atoms with Crippen molar-refractivity contribution in [1.29, 1.82) is 0 Å². The number of hydrogen-bond donors (Lipinski definition) is 0. The van der Waals surface area contributed by atoms with Crippen molar-refractivity contribution in [3.63, 3.8) is 0 Å². The van der Waals surface area contributed by atoms with Gasteiger partial charge in [-0.25, -0.2) is 0 Å². The van der Waals surface area contributed by atoms with Crippen LogP contribution in [0.1, 0.15) is 11.1 Å². The lowest BCUT2D eigenvalue weighted by Gasteiger charge is -2.30. The van der Waals surface area contributed by atoms with E-state index in [1.54, 1.807) is 0 Å². The van der Waals surface area contributed by atoms with Gasteiger partial charge in [0.05, 0.1) is 11.3 Å². The van der Waals surface area contributed by atoms with E-state index in [-0.39, 0.29) is 0 Å². The first-order valence-corrected chi connectivity index (χ1v) is 8.08. The number of nitrogens with zero attached hydrogens (tertiary/aromatic N) is 2. The highest BCUT2D eigenvalue weighted by Crippen LogP contribution is 2.43. The zero-order valence-corrected chi connectivity index (χ0v) is 12.2. The second kappa shape index (κ2) is 6.13. The van der Waals surface area contributed by atoms with Gasteiger partial charge in [-0.1, -0.05) is 69.2 Å². The van der Waals surface area contributed by atoms with Crippen molar-refractivity contribution in [2.45, 2.75) is 24.2 Å². The molecular weight excluding hydrogens is 263 g/mol. The summed E-state index contributed by atoms with van der Waals surface area (Å²) in [6, 6.07) is 20.9. The summed E-state index contributed by atoms with van der Waals surface area (Å²) in [6.07, 6.45) is 1.98. The Kier molecular flexibility index (Phi) is 4.06. The lowest BCUT2D eigenvalue weighted by atomic mass is 9.99. The quantitative estimate of drug-likeness (QED) is 0.466. The maximum atomic E-state index is 9.28. The average Bonchev–Trinajstić information content (AvgIpc) is 2.48. The molecule has 20 heavy (non-hydrogen) atoms. The molecule has 0 saturated carbocycles. The Balaban J connectivity index is 1.63. The van der Waals surface area contributed by atoms with E-state index in [4.69, 9.17) is 0 Å². The number of benzene rings is 2. The first-order chi connectivity index (χ1) is 9.86. The molecule has 1 aliphatic heterocycles. The Morgan fingerprint density at radius 3 is 1.65 bits per heavy atom. The first-order valence-electron chi connectivity index (χ1n) is 6.92. The average molecular weight is 280 g/mol. The van der Waals surface area contributed by atoms with Crippen LogP contribution in [0.5, 0.6) is 0 Å². The highest BCUT2D eigenvalue weighted by Gasteiger charge is 2.44. The van der Waals surface area contributed by atoms with Crippen molar-refractivity contribution in [3.05, 3.63) is 77.3 Å². The molecule has 0 aliphatic carbocycles. The molecule has 2 atom stereocenters. The molecule has 3 rings (SSSR count). The molecule has 1 aliphatic rings. The van der Waals surface area contributed by atoms with Gasteiger partial charge in [-0.3, -0.25) is 0 Å². The maximum Gasteiger partial charge on any atom is 0.283 e. The van der Waals surface area contributed by atoms with Gasteiger partial charge in [-0.15, -0.1) is 0 Å². The van der Waals surface area contributed by atoms with Gasteiger partial charge >= 0.3 is 0 Å². The Morgan fingerprint density at radius 1 is 0.800 bits per heavy atom. The van der Waals surface area contributed by atoms with Crippen molar-refractivity contribution in [3.8, 4) is 0 Å². The van der Waals surface area contributed by atoms with Crippen LogP contribution in [-0.2, 0) is 12.8 Å². The van der Waals surface area contributed by atoms with Gasteiger partial charge in [-0.05, 0) is 24.0 Å². The molecule has 0 bridgehead atoms. The summed E-state index contributed by atoms with van der Waals surface area (Å²) in [6.45, 7) is 0. The van der Waals surface area contributed by atoms with Crippen molar-refractivity contribution in [2.75, 3.05) is 0 Å². The van der Waals surface area contributed by atoms with Gasteiger partial charge in [0, 0.05) is 0 Å². The minimum atomic E-state index is 0.427. The predicted molar refractivity (Wildman–Crippen MR) is 84.8 cm³/mol. The molecule has 1 heterocycles. The third kappa shape index (κ3) is 2.88. The molecule has 1 fully saturated rings. The van der Waals surface area contributed by atoms with E-state index >= 15 is 0 Å². The lowest BCUT2D eigenvalue weighted by Crippen LogP contribution is -2.42. The molecule has 0 aromatic heterocycles. The lowest BCUT2D eigenvalue weighted by molar-refractivity contribution is -0.0121. The van der Waals surface area contributed by atoms with Crippen LogP contribution in [0.25, 0.3) is 5.53 Å². The van der Waals surface area contributed by atoms with E-state index in [0.29, 0.717) is 11.3 Å². The van der Waals surface area contributed by atoms with Crippen LogP contribution in [0.3, 0.4) is 0 Å². The molecular formula is C17H17N2P. The summed E-state index contributed by atoms with van der Waals surface area (Å²) >= 11 is 0. The van der Waals surface area contributed by atoms with E-state index in [1.165, 1.54) is 11.1 Å². The zero-order chi connectivity index (χ0) is 13.8. The highest BCUT2D eigenvalue weighted by molar-refractivity contribution is 7.46. The van der Waals surface area contributed by atoms with Crippen molar-refractivity contribution in [2.24, 2.45) is 0 Å². The second-order valence-corrected chi connectivity index (χ2v) is 6.90. The third-order valence-electron chi connectivity index (χ3n) is 3.80. The normalized spacial score (nSPS) is 22.3. The van der Waals surface area contributed by atoms with E-state index < -0.39 is 0 Å². The fourth-order valence-electron chi connectivity index (χ4n) is 2.73. The Morgan fingerprint density at radius 2 is 1.25 bits per heavy atom. The highest BCUT2D eigenvalue weighted by atomic mass is 31.1. The Bertz CT molecular complexity index is 568. The van der Waals surface area contributed by atoms with Crippen LogP contribution in [0.15, 0.2) is 60.7 Å². The van der Waals surface area contributed by atoms with E-state index in [0.717, 1.165) is 27.1 Å². The van der Waals surface area contributed by atoms with Gasteiger partial charge < -0.3 is 5.53 Å². The standard InChI is InChI=1S/C17H17N2P/c18-19-17-15(11-13-7-3-1-4-8-13)20-16(17)12-14-9-5-2-6-10-14/h1-10,15-16,20H,11-12H2. The van der Waals surface area contributed by atoms with Crippen LogP contribution in [0.2, 0.25) is 0 Å². The molecule has 2 aromatic carbocycles. The molecule has 2 aromatic rings.